The number of amides is 1. The van der Waals surface area contributed by atoms with Crippen molar-refractivity contribution in [1.29, 1.82) is 0 Å². The van der Waals surface area contributed by atoms with E-state index >= 15 is 0 Å². The minimum absolute atomic E-state index is 0.100. The number of hydrogen-bond donors (Lipinski definition) is 3. The number of rotatable bonds is 7. The number of carbonyl (C=O) groups excluding carboxylic acids is 2. The molecule has 9 heteroatoms. The second kappa shape index (κ2) is 8.43. The van der Waals surface area contributed by atoms with Crippen LogP contribution in [0.1, 0.15) is 36.0 Å². The fourth-order valence-corrected chi connectivity index (χ4v) is 3.39. The van der Waals surface area contributed by atoms with E-state index in [1.165, 1.54) is 6.20 Å². The maximum absolute atomic E-state index is 12.4. The second-order valence-electron chi connectivity index (χ2n) is 6.66. The number of hydrazine groups is 1. The molecule has 146 valence electrons. The summed E-state index contributed by atoms with van der Waals surface area (Å²) in [4.78, 5) is 31.7. The molecule has 1 atom stereocenters. The van der Waals surface area contributed by atoms with Gasteiger partial charge in [0.05, 0.1) is 11.3 Å². The maximum Gasteiger partial charge on any atom is 0.254 e. The summed E-state index contributed by atoms with van der Waals surface area (Å²) in [5.74, 6) is -0.679. The fourth-order valence-electron chi connectivity index (χ4n) is 3.39. The summed E-state index contributed by atoms with van der Waals surface area (Å²) in [6.07, 6.45) is 1.75. The van der Waals surface area contributed by atoms with Crippen LogP contribution in [0.15, 0.2) is 18.5 Å². The Hall–Kier alpha value is -2.55. The smallest absolute Gasteiger partial charge is 0.254 e. The van der Waals surface area contributed by atoms with E-state index < -0.39 is 12.8 Å². The number of aromatic amines is 1. The Kier molecular flexibility index (Phi) is 6.00. The topological polar surface area (TPSA) is 90.1 Å². The molecule has 0 saturated carbocycles. The second-order valence-corrected chi connectivity index (χ2v) is 6.66. The zero-order chi connectivity index (χ0) is 19.4. The average molecular weight is 379 g/mol. The number of nitrogens with one attached hydrogen (secondary N) is 3. The lowest BCUT2D eigenvalue weighted by molar-refractivity contribution is -0.125. The van der Waals surface area contributed by atoms with Crippen LogP contribution in [0.4, 0.5) is 14.5 Å². The lowest BCUT2D eigenvalue weighted by atomic mass is 9.92. The highest BCUT2D eigenvalue weighted by Gasteiger charge is 2.27. The minimum Gasteiger partial charge on any atom is -0.355 e. The number of aromatic nitrogens is 2. The quantitative estimate of drug-likeness (QED) is 0.688. The van der Waals surface area contributed by atoms with Crippen LogP contribution in [-0.2, 0) is 4.79 Å². The van der Waals surface area contributed by atoms with Crippen molar-refractivity contribution in [3.05, 3.63) is 24.0 Å². The number of H-pyrrole nitrogens is 1. The number of piperidine rings is 1. The molecule has 1 amide bonds. The molecule has 0 aromatic carbocycles. The molecule has 7 nitrogen and oxygen atoms in total. The van der Waals surface area contributed by atoms with E-state index in [1.807, 2.05) is 11.1 Å². The molecule has 2 aromatic heterocycles. The highest BCUT2D eigenvalue weighted by molar-refractivity contribution is 6.06. The summed E-state index contributed by atoms with van der Waals surface area (Å²) in [7, 11) is 1.55. The Labute approximate surface area is 155 Å². The molecule has 27 heavy (non-hydrogen) atoms. The first-order valence-electron chi connectivity index (χ1n) is 9.00. The highest BCUT2D eigenvalue weighted by atomic mass is 19.3. The van der Waals surface area contributed by atoms with Crippen molar-refractivity contribution in [3.63, 3.8) is 0 Å². The molecule has 2 aromatic rings. The lowest BCUT2D eigenvalue weighted by Crippen LogP contribution is -2.42. The van der Waals surface area contributed by atoms with E-state index in [2.05, 4.69) is 20.7 Å². The van der Waals surface area contributed by atoms with E-state index in [9.17, 15) is 18.4 Å². The molecule has 1 aliphatic heterocycles. The number of fused-ring (bicyclic) bond motifs is 1. The van der Waals surface area contributed by atoms with Crippen molar-refractivity contribution in [3.8, 4) is 0 Å². The van der Waals surface area contributed by atoms with Crippen molar-refractivity contribution < 1.29 is 18.4 Å². The average Bonchev–Trinajstić information content (AvgIpc) is 3.15. The van der Waals surface area contributed by atoms with Gasteiger partial charge >= 0.3 is 0 Å². The van der Waals surface area contributed by atoms with Crippen molar-refractivity contribution in [2.45, 2.75) is 32.1 Å². The van der Waals surface area contributed by atoms with E-state index in [0.29, 0.717) is 36.4 Å². The third-order valence-electron chi connectivity index (χ3n) is 4.81. The predicted octanol–water partition coefficient (Wildman–Crippen LogP) is 2.58. The number of ketones is 1. The Morgan fingerprint density at radius 3 is 3.00 bits per heavy atom. The standard InChI is InChI=1S/C18H23F2N5O2/c1-21-18(27)13-9-23-17-12(6-7-22-17)16(13)24-25-8-2-3-11(10-25)14(26)4-5-15(19)20/h6-7,9,11,15H,2-5,8,10H2,1H3,(H,21,27)(H2,22,23,24)/t11-/m0/s1. The summed E-state index contributed by atoms with van der Waals surface area (Å²) in [5, 5.41) is 5.24. The van der Waals surface area contributed by atoms with E-state index in [-0.39, 0.29) is 24.0 Å². The van der Waals surface area contributed by atoms with Gasteiger partial charge in [-0.2, -0.15) is 0 Å². The van der Waals surface area contributed by atoms with Crippen LogP contribution in [0.3, 0.4) is 0 Å². The maximum atomic E-state index is 12.4. The molecule has 1 fully saturated rings. The molecule has 1 saturated heterocycles. The third kappa shape index (κ3) is 4.41. The van der Waals surface area contributed by atoms with Gasteiger partial charge in [-0.1, -0.05) is 0 Å². The molecular formula is C18H23F2N5O2. The van der Waals surface area contributed by atoms with E-state index in [4.69, 9.17) is 0 Å². The molecule has 3 rings (SSSR count). The van der Waals surface area contributed by atoms with Gasteiger partial charge in [0.2, 0.25) is 6.43 Å². The van der Waals surface area contributed by atoms with Gasteiger partial charge in [0.1, 0.15) is 11.4 Å². The molecule has 0 spiro atoms. The first-order valence-corrected chi connectivity index (χ1v) is 9.00. The van der Waals surface area contributed by atoms with E-state index in [0.717, 1.165) is 11.8 Å². The molecule has 3 heterocycles. The third-order valence-corrected chi connectivity index (χ3v) is 4.81. The number of Topliss-reactive ketones (excluding diaryl/α,β-unsaturated/α-hetero) is 1. The van der Waals surface area contributed by atoms with E-state index in [1.54, 1.807) is 13.2 Å². The van der Waals surface area contributed by atoms with Crippen LogP contribution in [0.25, 0.3) is 11.0 Å². The van der Waals surface area contributed by atoms with Gasteiger partial charge in [-0.15, -0.1) is 0 Å². The number of hydrogen-bond acceptors (Lipinski definition) is 5. The number of halogens is 2. The Bertz CT molecular complexity index is 823. The first-order chi connectivity index (χ1) is 13.0. The first kappa shape index (κ1) is 19.2. The Balaban J connectivity index is 1.77. The van der Waals surface area contributed by atoms with Crippen LogP contribution in [0.2, 0.25) is 0 Å². The van der Waals surface area contributed by atoms with Gasteiger partial charge in [0.15, 0.2) is 0 Å². The van der Waals surface area contributed by atoms with Crippen molar-refractivity contribution in [2.24, 2.45) is 5.92 Å². The Morgan fingerprint density at radius 1 is 1.44 bits per heavy atom. The monoisotopic (exact) mass is 379 g/mol. The summed E-state index contributed by atoms with van der Waals surface area (Å²) in [5.41, 5.74) is 4.91. The number of anilines is 1. The van der Waals surface area contributed by atoms with Crippen LogP contribution >= 0.6 is 0 Å². The summed E-state index contributed by atoms with van der Waals surface area (Å²) < 4.78 is 24.8. The van der Waals surface area contributed by atoms with Gasteiger partial charge in [-0.25, -0.2) is 18.8 Å². The molecule has 0 bridgehead atoms. The number of carbonyl (C=O) groups is 2. The molecular weight excluding hydrogens is 356 g/mol. The van der Waals surface area contributed by atoms with Crippen molar-refractivity contribution in [1.82, 2.24) is 20.3 Å². The van der Waals surface area contributed by atoms with Crippen molar-refractivity contribution in [2.75, 3.05) is 25.6 Å². The van der Waals surface area contributed by atoms with Gasteiger partial charge < -0.3 is 15.7 Å². The molecule has 0 radical (unpaired) electrons. The number of pyridine rings is 1. The van der Waals surface area contributed by atoms with Crippen molar-refractivity contribution >= 4 is 28.4 Å². The summed E-state index contributed by atoms with van der Waals surface area (Å²) in [6.45, 7) is 1.11. The zero-order valence-corrected chi connectivity index (χ0v) is 15.1. The lowest BCUT2D eigenvalue weighted by Gasteiger charge is -2.33. The largest absolute Gasteiger partial charge is 0.355 e. The summed E-state index contributed by atoms with van der Waals surface area (Å²) >= 11 is 0. The molecule has 0 aliphatic carbocycles. The van der Waals surface area contributed by atoms with Crippen LogP contribution in [0, 0.1) is 5.92 Å². The molecule has 1 aliphatic rings. The van der Waals surface area contributed by atoms with Crippen LogP contribution < -0.4 is 10.7 Å². The number of alkyl halides is 2. The van der Waals surface area contributed by atoms with Gasteiger partial charge in [0.25, 0.3) is 5.91 Å². The zero-order valence-electron chi connectivity index (χ0n) is 15.1. The Morgan fingerprint density at radius 2 is 2.26 bits per heavy atom. The van der Waals surface area contributed by atoms with Gasteiger partial charge in [-0.3, -0.25) is 9.59 Å². The molecule has 3 N–H and O–H groups in total. The van der Waals surface area contributed by atoms with Crippen LogP contribution in [-0.4, -0.2) is 53.2 Å². The SMILES string of the molecule is CNC(=O)c1cnc2[nH]ccc2c1NN1CCC[C@H](C(=O)CCC(F)F)C1. The normalized spacial score (nSPS) is 18.0. The number of nitrogens with zero attached hydrogens (tertiary/aromatic N) is 2. The minimum atomic E-state index is -2.46. The summed E-state index contributed by atoms with van der Waals surface area (Å²) in [6, 6.07) is 1.83. The molecule has 0 unspecified atom stereocenters. The fraction of sp³-hybridized carbons (Fsp3) is 0.500. The van der Waals surface area contributed by atoms with Gasteiger partial charge in [0, 0.05) is 56.7 Å². The predicted molar refractivity (Wildman–Crippen MR) is 97.6 cm³/mol. The van der Waals surface area contributed by atoms with Crippen LogP contribution in [0.5, 0.6) is 0 Å². The highest BCUT2D eigenvalue weighted by Crippen LogP contribution is 2.28. The van der Waals surface area contributed by atoms with Gasteiger partial charge in [-0.05, 0) is 18.9 Å².